The first-order valence-electron chi connectivity index (χ1n) is 11.5. The maximum absolute atomic E-state index is 13.1. The number of hydrogen-bond acceptors (Lipinski definition) is 8. The molecule has 1 atom stereocenters. The van der Waals surface area contributed by atoms with Crippen LogP contribution in [0.25, 0.3) is 11.5 Å². The maximum atomic E-state index is 13.1. The number of carbonyl (C=O) groups is 1. The lowest BCUT2D eigenvalue weighted by Crippen LogP contribution is -2.32. The van der Waals surface area contributed by atoms with Crippen LogP contribution in [0.1, 0.15) is 16.7 Å². The summed E-state index contributed by atoms with van der Waals surface area (Å²) in [7, 11) is 1.66. The van der Waals surface area contributed by atoms with Gasteiger partial charge in [-0.05, 0) is 36.8 Å². The Morgan fingerprint density at radius 1 is 1.05 bits per heavy atom. The highest BCUT2D eigenvalue weighted by molar-refractivity contribution is 6.19. The molecule has 37 heavy (non-hydrogen) atoms. The molecule has 5 rings (SSSR count). The first-order chi connectivity index (χ1) is 18.1. The highest BCUT2D eigenvalue weighted by atomic mass is 16.4. The Bertz CT molecular complexity index is 1510. The molecule has 0 saturated carbocycles. The minimum atomic E-state index is -0.986. The molecule has 4 aromatic rings. The van der Waals surface area contributed by atoms with Crippen LogP contribution in [0, 0.1) is 6.92 Å². The number of benzodiazepines with no additional fused rings is 1. The lowest BCUT2D eigenvalue weighted by molar-refractivity contribution is -0.116. The van der Waals surface area contributed by atoms with Crippen molar-refractivity contribution >= 4 is 42.1 Å². The summed E-state index contributed by atoms with van der Waals surface area (Å²) >= 11 is 0. The lowest BCUT2D eigenvalue weighted by atomic mass is 10.0. The summed E-state index contributed by atoms with van der Waals surface area (Å²) in [5.74, 6) is -0.0355. The summed E-state index contributed by atoms with van der Waals surface area (Å²) in [4.78, 5) is 21.8. The Kier molecular flexibility index (Phi) is 6.54. The van der Waals surface area contributed by atoms with E-state index in [1.165, 1.54) is 0 Å². The number of carbonyl (C=O) groups excluding carboxylic acids is 1. The zero-order valence-electron chi connectivity index (χ0n) is 20.3. The van der Waals surface area contributed by atoms with Crippen LogP contribution in [0.3, 0.4) is 0 Å². The smallest absolute Gasteiger partial charge is 0.317 e. The molecule has 0 radical (unpaired) electrons. The predicted molar refractivity (Wildman–Crippen MR) is 145 cm³/mol. The van der Waals surface area contributed by atoms with E-state index in [9.17, 15) is 4.79 Å². The SMILES string of the molecule is C=NN(C=NC)c1ccc(-c2nnc(NC3N=C(c4ccccc4)c4ccccc4NC3=O)o2)c(C)c1. The van der Waals surface area contributed by atoms with Crippen LogP contribution < -0.4 is 15.6 Å². The van der Waals surface area contributed by atoms with Gasteiger partial charge in [0.2, 0.25) is 12.1 Å². The van der Waals surface area contributed by atoms with Crippen molar-refractivity contribution < 1.29 is 9.21 Å². The third-order valence-electron chi connectivity index (χ3n) is 5.76. The minimum Gasteiger partial charge on any atom is -0.403 e. The van der Waals surface area contributed by atoms with Gasteiger partial charge >= 0.3 is 6.01 Å². The van der Waals surface area contributed by atoms with Gasteiger partial charge in [0, 0.05) is 30.5 Å². The highest BCUT2D eigenvalue weighted by Crippen LogP contribution is 2.29. The van der Waals surface area contributed by atoms with Crippen LogP contribution in [0.2, 0.25) is 0 Å². The van der Waals surface area contributed by atoms with Crippen molar-refractivity contribution in [3.8, 4) is 11.5 Å². The summed E-state index contributed by atoms with van der Waals surface area (Å²) in [5.41, 5.74) is 5.48. The fourth-order valence-electron chi connectivity index (χ4n) is 4.01. The average molecular weight is 493 g/mol. The van der Waals surface area contributed by atoms with Gasteiger partial charge in [0.1, 0.15) is 6.34 Å². The van der Waals surface area contributed by atoms with E-state index in [2.05, 4.69) is 37.6 Å². The molecule has 184 valence electrons. The molecule has 1 amide bonds. The van der Waals surface area contributed by atoms with Gasteiger partial charge in [-0.25, -0.2) is 10.0 Å². The van der Waals surface area contributed by atoms with E-state index < -0.39 is 6.17 Å². The van der Waals surface area contributed by atoms with Crippen LogP contribution in [-0.2, 0) is 4.79 Å². The third kappa shape index (κ3) is 4.85. The number of benzene rings is 3. The molecule has 2 N–H and O–H groups in total. The Morgan fingerprint density at radius 3 is 2.59 bits per heavy atom. The van der Waals surface area contributed by atoms with Gasteiger partial charge in [0.25, 0.3) is 5.91 Å². The van der Waals surface area contributed by atoms with E-state index in [-0.39, 0.29) is 11.9 Å². The topological polar surface area (TPSA) is 120 Å². The lowest BCUT2D eigenvalue weighted by Gasteiger charge is -2.14. The van der Waals surface area contributed by atoms with E-state index in [4.69, 9.17) is 9.41 Å². The minimum absolute atomic E-state index is 0.0771. The van der Waals surface area contributed by atoms with Gasteiger partial charge in [-0.3, -0.25) is 9.79 Å². The summed E-state index contributed by atoms with van der Waals surface area (Å²) in [6.07, 6.45) is 0.580. The molecule has 0 fully saturated rings. The molecule has 0 bridgehead atoms. The molecule has 10 nitrogen and oxygen atoms in total. The zero-order chi connectivity index (χ0) is 25.8. The van der Waals surface area contributed by atoms with E-state index in [1.54, 1.807) is 18.4 Å². The van der Waals surface area contributed by atoms with E-state index >= 15 is 0 Å². The van der Waals surface area contributed by atoms with E-state index in [0.717, 1.165) is 27.9 Å². The van der Waals surface area contributed by atoms with Gasteiger partial charge in [-0.2, -0.15) is 5.10 Å². The van der Waals surface area contributed by atoms with Crippen molar-refractivity contribution in [2.75, 3.05) is 22.7 Å². The van der Waals surface area contributed by atoms with Crippen molar-refractivity contribution in [3.63, 3.8) is 0 Å². The Hall–Kier alpha value is -5.12. The summed E-state index contributed by atoms with van der Waals surface area (Å²) in [6, 6.07) is 22.9. The van der Waals surface area contributed by atoms with Gasteiger partial charge < -0.3 is 15.1 Å². The molecule has 3 aromatic carbocycles. The Morgan fingerprint density at radius 2 is 1.84 bits per heavy atom. The molecule has 0 saturated heterocycles. The first kappa shape index (κ1) is 23.6. The Balaban J connectivity index is 1.44. The van der Waals surface area contributed by atoms with Crippen LogP contribution in [-0.4, -0.2) is 48.1 Å². The molecule has 1 aromatic heterocycles. The second-order valence-electron chi connectivity index (χ2n) is 8.20. The summed E-state index contributed by atoms with van der Waals surface area (Å²) in [5, 5.41) is 19.7. The number of hydrazone groups is 1. The van der Waals surface area contributed by atoms with Gasteiger partial charge in [-0.15, -0.1) is 5.10 Å². The number of aromatic nitrogens is 2. The van der Waals surface area contributed by atoms with E-state index in [0.29, 0.717) is 17.3 Å². The van der Waals surface area contributed by atoms with Gasteiger partial charge in [-0.1, -0.05) is 53.6 Å². The highest BCUT2D eigenvalue weighted by Gasteiger charge is 2.27. The number of para-hydroxylation sites is 1. The van der Waals surface area contributed by atoms with Gasteiger partial charge in [0.15, 0.2) is 0 Å². The standard InChI is InChI=1S/C27H24N8O2/c1-17-15-19(35(29-3)16-28-2)13-14-20(17)26-33-34-27(37-26)32-24-25(36)30-22-12-8-7-11-21(22)23(31-24)18-9-5-4-6-10-18/h4-16,24H,3H2,1-2H3,(H,30,36)(H,32,34). The van der Waals surface area contributed by atoms with Crippen molar-refractivity contribution in [1.82, 2.24) is 10.2 Å². The fraction of sp³-hybridized carbons (Fsp3) is 0.111. The monoisotopic (exact) mass is 492 g/mol. The molecule has 0 aliphatic carbocycles. The summed E-state index contributed by atoms with van der Waals surface area (Å²) in [6.45, 7) is 5.49. The molecule has 1 aliphatic heterocycles. The first-order valence-corrected chi connectivity index (χ1v) is 11.5. The van der Waals surface area contributed by atoms with Crippen molar-refractivity contribution in [3.05, 3.63) is 89.5 Å². The third-order valence-corrected chi connectivity index (χ3v) is 5.76. The Labute approximate surface area is 213 Å². The quantitative estimate of drug-likeness (QED) is 0.225. The van der Waals surface area contributed by atoms with Crippen LogP contribution >= 0.6 is 0 Å². The number of amides is 1. The van der Waals surface area contributed by atoms with E-state index in [1.807, 2.05) is 79.7 Å². The number of rotatable bonds is 7. The maximum Gasteiger partial charge on any atom is 0.317 e. The number of hydrogen-bond donors (Lipinski definition) is 2. The average Bonchev–Trinajstić information content (AvgIpc) is 3.33. The second kappa shape index (κ2) is 10.2. The summed E-state index contributed by atoms with van der Waals surface area (Å²) < 4.78 is 5.88. The van der Waals surface area contributed by atoms with Crippen molar-refractivity contribution in [2.45, 2.75) is 13.1 Å². The normalized spacial score (nSPS) is 14.9. The molecule has 2 heterocycles. The van der Waals surface area contributed by atoms with Crippen molar-refractivity contribution in [1.29, 1.82) is 0 Å². The number of aliphatic imine (C=N–C) groups is 2. The number of nitrogens with zero attached hydrogens (tertiary/aromatic N) is 6. The number of nitrogens with one attached hydrogen (secondary N) is 2. The fourth-order valence-corrected chi connectivity index (χ4v) is 4.01. The molecular weight excluding hydrogens is 468 g/mol. The largest absolute Gasteiger partial charge is 0.403 e. The van der Waals surface area contributed by atoms with Crippen LogP contribution in [0.15, 0.2) is 92.3 Å². The number of fused-ring (bicyclic) bond motifs is 1. The molecule has 1 unspecified atom stereocenters. The number of aryl methyl sites for hydroxylation is 1. The zero-order valence-corrected chi connectivity index (χ0v) is 20.3. The predicted octanol–water partition coefficient (Wildman–Crippen LogP) is 4.35. The second-order valence-corrected chi connectivity index (χ2v) is 8.20. The van der Waals surface area contributed by atoms with Crippen LogP contribution in [0.4, 0.5) is 17.4 Å². The number of anilines is 3. The van der Waals surface area contributed by atoms with Crippen molar-refractivity contribution in [2.24, 2.45) is 15.1 Å². The molecule has 0 spiro atoms. The van der Waals surface area contributed by atoms with Crippen LogP contribution in [0.5, 0.6) is 0 Å². The molecule has 1 aliphatic rings. The molecule has 10 heteroatoms. The molecular formula is C27H24N8O2. The van der Waals surface area contributed by atoms with Gasteiger partial charge in [0.05, 0.1) is 17.1 Å².